The molecule has 3 nitrogen and oxygen atoms in total. The Kier molecular flexibility index (Phi) is 5.33. The van der Waals surface area contributed by atoms with Gasteiger partial charge in [0.05, 0.1) is 11.7 Å². The summed E-state index contributed by atoms with van der Waals surface area (Å²) in [6, 6.07) is 9.18. The Labute approximate surface area is 129 Å². The SMILES string of the molecule is O=C(NCC(O)Cc1ccccc1)c1cc(F)c(F)c(F)c1F. The minimum Gasteiger partial charge on any atom is -0.391 e. The first-order chi connectivity index (χ1) is 10.9. The molecule has 2 rings (SSSR count). The third-order valence-corrected chi connectivity index (χ3v) is 3.16. The molecule has 0 aromatic heterocycles. The molecule has 0 saturated heterocycles. The molecule has 0 bridgehead atoms. The van der Waals surface area contributed by atoms with Crippen LogP contribution in [0.1, 0.15) is 15.9 Å². The predicted octanol–water partition coefficient (Wildman–Crippen LogP) is 2.58. The van der Waals surface area contributed by atoms with Crippen molar-refractivity contribution >= 4 is 5.91 Å². The lowest BCUT2D eigenvalue weighted by Crippen LogP contribution is -2.34. The number of carbonyl (C=O) groups is 1. The molecule has 1 atom stereocenters. The van der Waals surface area contributed by atoms with Crippen LogP contribution in [0.15, 0.2) is 36.4 Å². The van der Waals surface area contributed by atoms with Crippen LogP contribution in [0.2, 0.25) is 0 Å². The summed E-state index contributed by atoms with van der Waals surface area (Å²) in [5, 5.41) is 12.0. The van der Waals surface area contributed by atoms with Crippen molar-refractivity contribution in [2.24, 2.45) is 0 Å². The summed E-state index contributed by atoms with van der Waals surface area (Å²) in [5.74, 6) is -8.63. The Morgan fingerprint density at radius 2 is 1.70 bits per heavy atom. The minimum absolute atomic E-state index is 0.232. The normalized spacial score (nSPS) is 12.0. The van der Waals surface area contributed by atoms with Crippen molar-refractivity contribution < 1.29 is 27.5 Å². The van der Waals surface area contributed by atoms with Gasteiger partial charge >= 0.3 is 0 Å². The summed E-state index contributed by atoms with van der Waals surface area (Å²) >= 11 is 0. The van der Waals surface area contributed by atoms with E-state index in [-0.39, 0.29) is 19.0 Å². The zero-order chi connectivity index (χ0) is 17.0. The molecule has 0 saturated carbocycles. The molecule has 1 amide bonds. The topological polar surface area (TPSA) is 49.3 Å². The van der Waals surface area contributed by atoms with Crippen LogP contribution in [-0.4, -0.2) is 23.7 Å². The van der Waals surface area contributed by atoms with E-state index in [0.717, 1.165) is 5.56 Å². The van der Waals surface area contributed by atoms with Crippen molar-refractivity contribution in [3.63, 3.8) is 0 Å². The van der Waals surface area contributed by atoms with Crippen molar-refractivity contribution in [1.29, 1.82) is 0 Å². The van der Waals surface area contributed by atoms with Crippen molar-refractivity contribution in [3.05, 3.63) is 70.8 Å². The van der Waals surface area contributed by atoms with Crippen LogP contribution in [0.25, 0.3) is 0 Å². The third kappa shape index (κ3) is 4.07. The van der Waals surface area contributed by atoms with Crippen LogP contribution in [0.4, 0.5) is 17.6 Å². The van der Waals surface area contributed by atoms with Gasteiger partial charge in [0.15, 0.2) is 23.3 Å². The summed E-state index contributed by atoms with van der Waals surface area (Å²) in [6.07, 6.45) is -0.741. The van der Waals surface area contributed by atoms with Gasteiger partial charge in [0.2, 0.25) is 0 Å². The lowest BCUT2D eigenvalue weighted by atomic mass is 10.1. The quantitative estimate of drug-likeness (QED) is 0.504. The van der Waals surface area contributed by atoms with Gasteiger partial charge in [0.1, 0.15) is 0 Å². The third-order valence-electron chi connectivity index (χ3n) is 3.16. The number of aliphatic hydroxyl groups is 1. The summed E-state index contributed by atoms with van der Waals surface area (Å²) in [4.78, 5) is 11.7. The van der Waals surface area contributed by atoms with E-state index in [4.69, 9.17) is 0 Å². The van der Waals surface area contributed by atoms with Gasteiger partial charge in [-0.3, -0.25) is 4.79 Å². The minimum atomic E-state index is -2.06. The van der Waals surface area contributed by atoms with Crippen LogP contribution in [0, 0.1) is 23.3 Å². The van der Waals surface area contributed by atoms with Gasteiger partial charge in [0.25, 0.3) is 5.91 Å². The van der Waals surface area contributed by atoms with Crippen molar-refractivity contribution in [2.75, 3.05) is 6.54 Å². The highest BCUT2D eigenvalue weighted by atomic mass is 19.2. The van der Waals surface area contributed by atoms with Gasteiger partial charge in [-0.25, -0.2) is 17.6 Å². The van der Waals surface area contributed by atoms with Crippen molar-refractivity contribution in [2.45, 2.75) is 12.5 Å². The van der Waals surface area contributed by atoms with E-state index in [9.17, 15) is 27.5 Å². The van der Waals surface area contributed by atoms with E-state index >= 15 is 0 Å². The molecule has 0 spiro atoms. The lowest BCUT2D eigenvalue weighted by Gasteiger charge is -2.12. The zero-order valence-corrected chi connectivity index (χ0v) is 11.8. The molecule has 0 aliphatic carbocycles. The molecule has 0 radical (unpaired) electrons. The van der Waals surface area contributed by atoms with E-state index in [0.29, 0.717) is 0 Å². The van der Waals surface area contributed by atoms with E-state index in [2.05, 4.69) is 5.32 Å². The van der Waals surface area contributed by atoms with Crippen LogP contribution in [0.5, 0.6) is 0 Å². The zero-order valence-electron chi connectivity index (χ0n) is 11.8. The number of benzene rings is 2. The fourth-order valence-corrected chi connectivity index (χ4v) is 2.00. The lowest BCUT2D eigenvalue weighted by molar-refractivity contribution is 0.0910. The Hall–Kier alpha value is -2.41. The second kappa shape index (κ2) is 7.23. The van der Waals surface area contributed by atoms with Crippen molar-refractivity contribution in [1.82, 2.24) is 5.32 Å². The fraction of sp³-hybridized carbons (Fsp3) is 0.188. The highest BCUT2D eigenvalue weighted by Gasteiger charge is 2.23. The first-order valence-electron chi connectivity index (χ1n) is 6.73. The maximum atomic E-state index is 13.5. The average molecular weight is 327 g/mol. The Morgan fingerprint density at radius 1 is 1.04 bits per heavy atom. The van der Waals surface area contributed by atoms with Crippen molar-refractivity contribution in [3.8, 4) is 0 Å². The number of aliphatic hydroxyl groups excluding tert-OH is 1. The summed E-state index contributed by atoms with van der Waals surface area (Å²) in [5.41, 5.74) is -0.146. The Morgan fingerprint density at radius 3 is 2.35 bits per heavy atom. The summed E-state index contributed by atoms with van der Waals surface area (Å²) in [6.45, 7) is -0.256. The number of rotatable bonds is 5. The number of halogens is 4. The second-order valence-electron chi connectivity index (χ2n) is 4.90. The Balaban J connectivity index is 2.00. The van der Waals surface area contributed by atoms with Gasteiger partial charge in [-0.15, -0.1) is 0 Å². The number of hydrogen-bond donors (Lipinski definition) is 2. The van der Waals surface area contributed by atoms with Gasteiger partial charge in [-0.05, 0) is 11.6 Å². The molecular weight excluding hydrogens is 314 g/mol. The van der Waals surface area contributed by atoms with E-state index in [1.165, 1.54) is 0 Å². The molecule has 23 heavy (non-hydrogen) atoms. The largest absolute Gasteiger partial charge is 0.391 e. The molecule has 7 heteroatoms. The van der Waals surface area contributed by atoms with Gasteiger partial charge in [-0.2, -0.15) is 0 Å². The smallest absolute Gasteiger partial charge is 0.254 e. The molecular formula is C16H13F4NO2. The fourth-order valence-electron chi connectivity index (χ4n) is 2.00. The standard InChI is InChI=1S/C16H13F4NO2/c17-12-7-11(13(18)15(20)14(12)19)16(23)21-8-10(22)6-9-4-2-1-3-5-9/h1-5,7,10,22H,6,8H2,(H,21,23). The predicted molar refractivity (Wildman–Crippen MR) is 74.8 cm³/mol. The number of carbonyl (C=O) groups excluding carboxylic acids is 1. The van der Waals surface area contributed by atoms with Crippen LogP contribution >= 0.6 is 0 Å². The first-order valence-corrected chi connectivity index (χ1v) is 6.73. The first kappa shape index (κ1) is 17.0. The second-order valence-corrected chi connectivity index (χ2v) is 4.90. The van der Waals surface area contributed by atoms with Crippen LogP contribution < -0.4 is 5.32 Å². The van der Waals surface area contributed by atoms with Crippen LogP contribution in [0.3, 0.4) is 0 Å². The summed E-state index contributed by atoms with van der Waals surface area (Å²) < 4.78 is 52.4. The number of hydrogen-bond acceptors (Lipinski definition) is 2. The highest BCUT2D eigenvalue weighted by molar-refractivity contribution is 5.94. The Bertz CT molecular complexity index is 707. The van der Waals surface area contributed by atoms with E-state index in [1.807, 2.05) is 0 Å². The monoisotopic (exact) mass is 327 g/mol. The molecule has 0 fully saturated rings. The maximum Gasteiger partial charge on any atom is 0.254 e. The summed E-state index contributed by atoms with van der Waals surface area (Å²) in [7, 11) is 0. The number of nitrogens with one attached hydrogen (secondary N) is 1. The van der Waals surface area contributed by atoms with Gasteiger partial charge in [0, 0.05) is 13.0 Å². The molecule has 2 aromatic rings. The van der Waals surface area contributed by atoms with Crippen LogP contribution in [-0.2, 0) is 6.42 Å². The molecule has 2 aromatic carbocycles. The molecule has 0 aliphatic rings. The van der Waals surface area contributed by atoms with Gasteiger partial charge < -0.3 is 10.4 Å². The molecule has 1 unspecified atom stereocenters. The van der Waals surface area contributed by atoms with E-state index < -0.39 is 40.8 Å². The number of amides is 1. The van der Waals surface area contributed by atoms with Gasteiger partial charge in [-0.1, -0.05) is 30.3 Å². The molecule has 122 valence electrons. The molecule has 0 aliphatic heterocycles. The molecule has 2 N–H and O–H groups in total. The van der Waals surface area contributed by atoms with E-state index in [1.54, 1.807) is 30.3 Å². The molecule has 0 heterocycles. The highest BCUT2D eigenvalue weighted by Crippen LogP contribution is 2.18. The average Bonchev–Trinajstić information content (AvgIpc) is 2.55. The maximum absolute atomic E-state index is 13.5.